The van der Waals surface area contributed by atoms with Crippen LogP contribution in [0.15, 0.2) is 36.5 Å². The predicted octanol–water partition coefficient (Wildman–Crippen LogP) is 2.37. The summed E-state index contributed by atoms with van der Waals surface area (Å²) in [5, 5.41) is 2.96. The molecule has 2 aromatic heterocycles. The Morgan fingerprint density at radius 2 is 2.17 bits per heavy atom. The van der Waals surface area contributed by atoms with Crippen molar-refractivity contribution in [2.45, 2.75) is 13.5 Å². The van der Waals surface area contributed by atoms with Gasteiger partial charge in [0.05, 0.1) is 17.8 Å². The van der Waals surface area contributed by atoms with Crippen molar-refractivity contribution in [2.75, 3.05) is 0 Å². The zero-order chi connectivity index (χ0) is 13.0. The van der Waals surface area contributed by atoms with E-state index >= 15 is 0 Å². The van der Waals surface area contributed by atoms with Crippen molar-refractivity contribution in [3.63, 3.8) is 0 Å². The van der Waals surface area contributed by atoms with Gasteiger partial charge in [-0.15, -0.1) is 0 Å². The van der Waals surface area contributed by atoms with Crippen LogP contribution in [0.4, 0.5) is 0 Å². The van der Waals surface area contributed by atoms with Gasteiger partial charge in [-0.3, -0.25) is 9.78 Å². The first kappa shape index (κ1) is 12.5. The summed E-state index contributed by atoms with van der Waals surface area (Å²) in [6.45, 7) is 2.27. The second-order valence-corrected chi connectivity index (χ2v) is 4.15. The van der Waals surface area contributed by atoms with Gasteiger partial charge in [-0.2, -0.15) is 0 Å². The number of hydrogen-bond acceptors (Lipinski definition) is 3. The summed E-state index contributed by atoms with van der Waals surface area (Å²) >= 11 is 5.84. The number of pyridine rings is 2. The highest BCUT2D eigenvalue weighted by Gasteiger charge is 2.10. The number of nitrogens with one attached hydrogen (secondary N) is 1. The molecule has 0 unspecified atom stereocenters. The number of carbonyl (C=O) groups excluding carboxylic acids is 1. The standard InChI is InChI=1S/C13H12ClN3O/c1-9-4-2-5-10(17-9)8-16-13(18)11-6-3-7-15-12(11)14/h2-7H,8H2,1H3,(H,16,18). The summed E-state index contributed by atoms with van der Waals surface area (Å²) < 4.78 is 0. The van der Waals surface area contributed by atoms with Crippen LogP contribution in [0.2, 0.25) is 5.15 Å². The lowest BCUT2D eigenvalue weighted by molar-refractivity contribution is 0.0950. The van der Waals surface area contributed by atoms with E-state index in [1.807, 2.05) is 25.1 Å². The minimum absolute atomic E-state index is 0.201. The van der Waals surface area contributed by atoms with Crippen LogP contribution in [0.3, 0.4) is 0 Å². The van der Waals surface area contributed by atoms with Crippen LogP contribution in [0.1, 0.15) is 21.7 Å². The van der Waals surface area contributed by atoms with Gasteiger partial charge in [0.1, 0.15) is 5.15 Å². The van der Waals surface area contributed by atoms with E-state index in [4.69, 9.17) is 11.6 Å². The third kappa shape index (κ3) is 3.05. The van der Waals surface area contributed by atoms with Gasteiger partial charge in [0, 0.05) is 11.9 Å². The molecule has 2 aromatic rings. The lowest BCUT2D eigenvalue weighted by Gasteiger charge is -2.06. The van der Waals surface area contributed by atoms with E-state index in [-0.39, 0.29) is 11.1 Å². The Labute approximate surface area is 110 Å². The lowest BCUT2D eigenvalue weighted by atomic mass is 10.2. The smallest absolute Gasteiger partial charge is 0.254 e. The average molecular weight is 262 g/mol. The largest absolute Gasteiger partial charge is 0.346 e. The van der Waals surface area contributed by atoms with Crippen LogP contribution in [0, 0.1) is 6.92 Å². The normalized spacial score (nSPS) is 10.1. The first-order valence-corrected chi connectivity index (χ1v) is 5.86. The Balaban J connectivity index is 2.03. The zero-order valence-electron chi connectivity index (χ0n) is 9.85. The topological polar surface area (TPSA) is 54.9 Å². The minimum Gasteiger partial charge on any atom is -0.346 e. The fraction of sp³-hybridized carbons (Fsp3) is 0.154. The Hall–Kier alpha value is -1.94. The molecule has 1 N–H and O–H groups in total. The van der Waals surface area contributed by atoms with Gasteiger partial charge in [-0.05, 0) is 31.2 Å². The quantitative estimate of drug-likeness (QED) is 0.863. The Kier molecular flexibility index (Phi) is 3.89. The second kappa shape index (κ2) is 5.60. The van der Waals surface area contributed by atoms with Crippen LogP contribution in [-0.2, 0) is 6.54 Å². The lowest BCUT2D eigenvalue weighted by Crippen LogP contribution is -2.23. The molecule has 0 spiro atoms. The fourth-order valence-corrected chi connectivity index (χ4v) is 1.72. The number of aromatic nitrogens is 2. The van der Waals surface area contributed by atoms with Gasteiger partial charge in [0.15, 0.2) is 0 Å². The summed E-state index contributed by atoms with van der Waals surface area (Å²) in [5.74, 6) is -0.253. The first-order valence-electron chi connectivity index (χ1n) is 5.48. The summed E-state index contributed by atoms with van der Waals surface area (Å²) in [5.41, 5.74) is 2.09. The molecule has 0 saturated heterocycles. The highest BCUT2D eigenvalue weighted by atomic mass is 35.5. The van der Waals surface area contributed by atoms with Crippen molar-refractivity contribution >= 4 is 17.5 Å². The molecule has 0 fully saturated rings. The van der Waals surface area contributed by atoms with Gasteiger partial charge in [0.2, 0.25) is 0 Å². The highest BCUT2D eigenvalue weighted by molar-refractivity contribution is 6.32. The zero-order valence-corrected chi connectivity index (χ0v) is 10.6. The van der Waals surface area contributed by atoms with Crippen LogP contribution < -0.4 is 5.32 Å². The third-order valence-electron chi connectivity index (χ3n) is 2.38. The van der Waals surface area contributed by atoms with Gasteiger partial charge in [-0.25, -0.2) is 4.98 Å². The molecule has 92 valence electrons. The second-order valence-electron chi connectivity index (χ2n) is 3.79. The van der Waals surface area contributed by atoms with E-state index in [1.165, 1.54) is 0 Å². The maximum absolute atomic E-state index is 11.9. The SMILES string of the molecule is Cc1cccc(CNC(=O)c2cccnc2Cl)n1. The van der Waals surface area contributed by atoms with Crippen molar-refractivity contribution in [3.8, 4) is 0 Å². The van der Waals surface area contributed by atoms with Crippen LogP contribution in [0.5, 0.6) is 0 Å². The molecule has 2 rings (SSSR count). The van der Waals surface area contributed by atoms with E-state index in [9.17, 15) is 4.79 Å². The van der Waals surface area contributed by atoms with E-state index in [0.29, 0.717) is 12.1 Å². The molecule has 0 aliphatic rings. The molecule has 2 heterocycles. The van der Waals surface area contributed by atoms with Crippen LogP contribution in [0.25, 0.3) is 0 Å². The first-order chi connectivity index (χ1) is 8.66. The molecule has 4 nitrogen and oxygen atoms in total. The number of carbonyl (C=O) groups is 1. The Morgan fingerprint density at radius 1 is 1.33 bits per heavy atom. The Morgan fingerprint density at radius 3 is 2.89 bits per heavy atom. The molecule has 0 saturated carbocycles. The summed E-state index contributed by atoms with van der Waals surface area (Å²) in [6.07, 6.45) is 1.54. The number of amides is 1. The van der Waals surface area contributed by atoms with E-state index in [1.54, 1.807) is 18.3 Å². The maximum atomic E-state index is 11.9. The molecule has 0 aliphatic carbocycles. The number of hydrogen-bond donors (Lipinski definition) is 1. The van der Waals surface area contributed by atoms with E-state index in [2.05, 4.69) is 15.3 Å². The molecular weight excluding hydrogens is 250 g/mol. The molecule has 1 amide bonds. The van der Waals surface area contributed by atoms with Crippen molar-refractivity contribution in [1.82, 2.24) is 15.3 Å². The van der Waals surface area contributed by atoms with Crippen LogP contribution in [-0.4, -0.2) is 15.9 Å². The summed E-state index contributed by atoms with van der Waals surface area (Å²) in [7, 11) is 0. The third-order valence-corrected chi connectivity index (χ3v) is 2.68. The fourth-order valence-electron chi connectivity index (χ4n) is 1.52. The Bertz CT molecular complexity index is 572. The average Bonchev–Trinajstić information content (AvgIpc) is 2.37. The van der Waals surface area contributed by atoms with Gasteiger partial charge in [-0.1, -0.05) is 17.7 Å². The van der Waals surface area contributed by atoms with Crippen molar-refractivity contribution < 1.29 is 4.79 Å². The van der Waals surface area contributed by atoms with Crippen molar-refractivity contribution in [1.29, 1.82) is 0 Å². The number of halogens is 1. The summed E-state index contributed by atoms with van der Waals surface area (Å²) in [4.78, 5) is 20.0. The minimum atomic E-state index is -0.253. The monoisotopic (exact) mass is 261 g/mol. The molecule has 18 heavy (non-hydrogen) atoms. The number of rotatable bonds is 3. The molecule has 0 radical (unpaired) electrons. The van der Waals surface area contributed by atoms with Crippen molar-refractivity contribution in [3.05, 3.63) is 58.6 Å². The predicted molar refractivity (Wildman–Crippen MR) is 69.4 cm³/mol. The molecule has 0 bridgehead atoms. The van der Waals surface area contributed by atoms with Gasteiger partial charge in [0.25, 0.3) is 5.91 Å². The maximum Gasteiger partial charge on any atom is 0.254 e. The van der Waals surface area contributed by atoms with Gasteiger partial charge < -0.3 is 5.32 Å². The van der Waals surface area contributed by atoms with Crippen LogP contribution >= 0.6 is 11.6 Å². The molecule has 0 atom stereocenters. The summed E-state index contributed by atoms with van der Waals surface area (Å²) in [6, 6.07) is 8.97. The van der Waals surface area contributed by atoms with E-state index in [0.717, 1.165) is 11.4 Å². The van der Waals surface area contributed by atoms with Crippen molar-refractivity contribution in [2.24, 2.45) is 0 Å². The number of nitrogens with zero attached hydrogens (tertiary/aromatic N) is 2. The molecular formula is C13H12ClN3O. The molecule has 0 aliphatic heterocycles. The molecule has 5 heteroatoms. The van der Waals surface area contributed by atoms with E-state index < -0.39 is 0 Å². The van der Waals surface area contributed by atoms with Gasteiger partial charge >= 0.3 is 0 Å². The number of aryl methyl sites for hydroxylation is 1. The highest BCUT2D eigenvalue weighted by Crippen LogP contribution is 2.11. The molecule has 0 aromatic carbocycles.